The Bertz CT molecular complexity index is 756. The van der Waals surface area contributed by atoms with Crippen LogP contribution in [0.1, 0.15) is 23.6 Å². The van der Waals surface area contributed by atoms with Gasteiger partial charge in [-0.1, -0.05) is 42.0 Å². The second-order valence-electron chi connectivity index (χ2n) is 6.34. The first-order valence-electron chi connectivity index (χ1n) is 8.67. The smallest absolute Gasteiger partial charge is 0.261 e. The lowest BCUT2D eigenvalue weighted by Crippen LogP contribution is -2.48. The zero-order valence-electron chi connectivity index (χ0n) is 15.8. The summed E-state index contributed by atoms with van der Waals surface area (Å²) < 4.78 is 5.61. The number of rotatable bonds is 7. The van der Waals surface area contributed by atoms with Gasteiger partial charge in [0.05, 0.1) is 0 Å². The summed E-state index contributed by atoms with van der Waals surface area (Å²) >= 11 is 0. The molecule has 0 fully saturated rings. The maximum atomic E-state index is 12.8. The van der Waals surface area contributed by atoms with Crippen LogP contribution in [0, 0.1) is 13.8 Å². The predicted octanol–water partition coefficient (Wildman–Crippen LogP) is 2.85. The molecule has 0 aliphatic rings. The monoisotopic (exact) mass is 354 g/mol. The highest BCUT2D eigenvalue weighted by Gasteiger charge is 2.26. The quantitative estimate of drug-likeness (QED) is 0.832. The van der Waals surface area contributed by atoms with Crippen LogP contribution in [0.3, 0.4) is 0 Å². The Morgan fingerprint density at radius 2 is 1.73 bits per heavy atom. The van der Waals surface area contributed by atoms with E-state index in [-0.39, 0.29) is 18.4 Å². The maximum Gasteiger partial charge on any atom is 0.261 e. The van der Waals surface area contributed by atoms with E-state index in [4.69, 9.17) is 4.74 Å². The first-order valence-corrected chi connectivity index (χ1v) is 8.67. The number of hydrogen-bond acceptors (Lipinski definition) is 3. The van der Waals surface area contributed by atoms with Gasteiger partial charge in [-0.15, -0.1) is 0 Å². The van der Waals surface area contributed by atoms with Gasteiger partial charge in [0.1, 0.15) is 11.8 Å². The lowest BCUT2D eigenvalue weighted by Gasteiger charge is -2.28. The van der Waals surface area contributed by atoms with E-state index in [1.807, 2.05) is 62.4 Å². The first-order chi connectivity index (χ1) is 12.4. The Kier molecular flexibility index (Phi) is 6.78. The molecule has 0 saturated heterocycles. The number of hydrogen-bond donors (Lipinski definition) is 1. The third kappa shape index (κ3) is 5.09. The van der Waals surface area contributed by atoms with Gasteiger partial charge in [-0.05, 0) is 44.0 Å². The van der Waals surface area contributed by atoms with E-state index >= 15 is 0 Å². The van der Waals surface area contributed by atoms with E-state index in [1.54, 1.807) is 18.9 Å². The molecule has 2 aromatic carbocycles. The zero-order valence-corrected chi connectivity index (χ0v) is 15.8. The summed E-state index contributed by atoms with van der Waals surface area (Å²) in [7, 11) is 1.57. The van der Waals surface area contributed by atoms with Crippen LogP contribution in [-0.2, 0) is 16.1 Å². The SMILES string of the molecule is CNC(=O)C(C)N(Cc1ccccc1C)C(=O)COc1ccc(C)cc1. The van der Waals surface area contributed by atoms with Gasteiger partial charge in [0.15, 0.2) is 6.61 Å². The molecule has 0 heterocycles. The van der Waals surface area contributed by atoms with Crippen molar-refractivity contribution in [1.29, 1.82) is 0 Å². The maximum absolute atomic E-state index is 12.8. The molecule has 0 spiro atoms. The molecule has 5 heteroatoms. The molecule has 1 N–H and O–H groups in total. The number of benzene rings is 2. The molecule has 0 bridgehead atoms. The average Bonchev–Trinajstić information content (AvgIpc) is 2.65. The van der Waals surface area contributed by atoms with Gasteiger partial charge in [0, 0.05) is 13.6 Å². The lowest BCUT2D eigenvalue weighted by atomic mass is 10.1. The molecule has 0 aliphatic carbocycles. The largest absolute Gasteiger partial charge is 0.484 e. The van der Waals surface area contributed by atoms with Crippen molar-refractivity contribution < 1.29 is 14.3 Å². The summed E-state index contributed by atoms with van der Waals surface area (Å²) in [4.78, 5) is 26.4. The van der Waals surface area contributed by atoms with E-state index in [0.717, 1.165) is 16.7 Å². The van der Waals surface area contributed by atoms with Gasteiger partial charge in [-0.2, -0.15) is 0 Å². The highest BCUT2D eigenvalue weighted by atomic mass is 16.5. The normalized spacial score (nSPS) is 11.5. The van der Waals surface area contributed by atoms with Crippen molar-refractivity contribution in [3.05, 3.63) is 65.2 Å². The minimum Gasteiger partial charge on any atom is -0.484 e. The number of aryl methyl sites for hydroxylation is 2. The highest BCUT2D eigenvalue weighted by Crippen LogP contribution is 2.15. The Hall–Kier alpha value is -2.82. The summed E-state index contributed by atoms with van der Waals surface area (Å²) in [6.07, 6.45) is 0. The van der Waals surface area contributed by atoms with Crippen LogP contribution in [-0.4, -0.2) is 36.4 Å². The summed E-state index contributed by atoms with van der Waals surface area (Å²) in [6.45, 7) is 5.95. The fourth-order valence-corrected chi connectivity index (χ4v) is 2.63. The third-order valence-corrected chi connectivity index (χ3v) is 4.40. The molecule has 26 heavy (non-hydrogen) atoms. The van der Waals surface area contributed by atoms with Crippen LogP contribution in [0.25, 0.3) is 0 Å². The summed E-state index contributed by atoms with van der Waals surface area (Å²) in [5.41, 5.74) is 3.21. The van der Waals surface area contributed by atoms with Crippen LogP contribution in [0.4, 0.5) is 0 Å². The van der Waals surface area contributed by atoms with E-state index < -0.39 is 6.04 Å². The highest BCUT2D eigenvalue weighted by molar-refractivity contribution is 5.87. The predicted molar refractivity (Wildman–Crippen MR) is 102 cm³/mol. The Morgan fingerprint density at radius 1 is 1.08 bits per heavy atom. The summed E-state index contributed by atoms with van der Waals surface area (Å²) in [6, 6.07) is 14.8. The second-order valence-corrected chi connectivity index (χ2v) is 6.34. The fraction of sp³-hybridized carbons (Fsp3) is 0.333. The average molecular weight is 354 g/mol. The number of nitrogens with one attached hydrogen (secondary N) is 1. The second kappa shape index (κ2) is 9.04. The van der Waals surface area contributed by atoms with Crippen molar-refractivity contribution in [2.24, 2.45) is 0 Å². The molecule has 0 aliphatic heterocycles. The Morgan fingerprint density at radius 3 is 2.35 bits per heavy atom. The van der Waals surface area contributed by atoms with E-state index in [9.17, 15) is 9.59 Å². The minimum absolute atomic E-state index is 0.115. The number of amides is 2. The molecule has 138 valence electrons. The zero-order chi connectivity index (χ0) is 19.1. The summed E-state index contributed by atoms with van der Waals surface area (Å²) in [5, 5.41) is 2.61. The number of likely N-dealkylation sites (N-methyl/N-ethyl adjacent to an activating group) is 1. The molecule has 2 amide bonds. The van der Waals surface area contributed by atoms with Crippen LogP contribution in [0.15, 0.2) is 48.5 Å². The number of carbonyl (C=O) groups is 2. The number of nitrogens with zero attached hydrogens (tertiary/aromatic N) is 1. The first kappa shape index (κ1) is 19.5. The molecule has 1 atom stereocenters. The van der Waals surface area contributed by atoms with Crippen molar-refractivity contribution in [2.45, 2.75) is 33.4 Å². The van der Waals surface area contributed by atoms with Crippen molar-refractivity contribution in [2.75, 3.05) is 13.7 Å². The molecular formula is C21H26N2O3. The van der Waals surface area contributed by atoms with E-state index in [1.165, 1.54) is 0 Å². The van der Waals surface area contributed by atoms with E-state index in [0.29, 0.717) is 12.3 Å². The van der Waals surface area contributed by atoms with Gasteiger partial charge in [-0.25, -0.2) is 0 Å². The van der Waals surface area contributed by atoms with Gasteiger partial charge in [0.25, 0.3) is 5.91 Å². The fourth-order valence-electron chi connectivity index (χ4n) is 2.63. The lowest BCUT2D eigenvalue weighted by molar-refractivity contribution is -0.142. The van der Waals surface area contributed by atoms with Crippen molar-refractivity contribution in [1.82, 2.24) is 10.2 Å². The molecule has 0 radical (unpaired) electrons. The van der Waals surface area contributed by atoms with Gasteiger partial charge in [-0.3, -0.25) is 9.59 Å². The van der Waals surface area contributed by atoms with Crippen molar-refractivity contribution in [3.8, 4) is 5.75 Å². The number of ether oxygens (including phenoxy) is 1. The van der Waals surface area contributed by atoms with Crippen LogP contribution in [0.5, 0.6) is 5.75 Å². The topological polar surface area (TPSA) is 58.6 Å². The third-order valence-electron chi connectivity index (χ3n) is 4.40. The van der Waals surface area contributed by atoms with Crippen LogP contribution >= 0.6 is 0 Å². The van der Waals surface area contributed by atoms with Crippen LogP contribution < -0.4 is 10.1 Å². The molecule has 2 rings (SSSR count). The molecule has 2 aromatic rings. The number of carbonyl (C=O) groups excluding carboxylic acids is 2. The van der Waals surface area contributed by atoms with E-state index in [2.05, 4.69) is 5.32 Å². The van der Waals surface area contributed by atoms with Gasteiger partial charge in [0.2, 0.25) is 5.91 Å². The standard InChI is InChI=1S/C21H26N2O3/c1-15-9-11-19(12-10-15)26-14-20(24)23(17(3)21(25)22-4)13-18-8-6-5-7-16(18)2/h5-12,17H,13-14H2,1-4H3,(H,22,25). The minimum atomic E-state index is -0.589. The summed E-state index contributed by atoms with van der Waals surface area (Å²) in [5.74, 6) is 0.194. The molecule has 0 saturated carbocycles. The van der Waals surface area contributed by atoms with Crippen molar-refractivity contribution >= 4 is 11.8 Å². The van der Waals surface area contributed by atoms with Gasteiger partial charge >= 0.3 is 0 Å². The van der Waals surface area contributed by atoms with Gasteiger partial charge < -0.3 is 15.0 Å². The molecule has 1 unspecified atom stereocenters. The molecule has 0 aromatic heterocycles. The molecular weight excluding hydrogens is 328 g/mol. The van der Waals surface area contributed by atoms with Crippen molar-refractivity contribution in [3.63, 3.8) is 0 Å². The Labute approximate surface area is 155 Å². The Balaban J connectivity index is 2.13. The molecule has 5 nitrogen and oxygen atoms in total. The van der Waals surface area contributed by atoms with Crippen LogP contribution in [0.2, 0.25) is 0 Å².